The Balaban J connectivity index is 1.47. The highest BCUT2D eigenvalue weighted by atomic mass is 16.5. The van der Waals surface area contributed by atoms with Gasteiger partial charge in [0, 0.05) is 34.3 Å². The van der Waals surface area contributed by atoms with Gasteiger partial charge in [-0.15, -0.1) is 0 Å². The smallest absolute Gasteiger partial charge is 0.248 e. The molecule has 4 heteroatoms. The minimum atomic E-state index is -0.192. The highest BCUT2D eigenvalue weighted by Gasteiger charge is 2.15. The molecule has 0 unspecified atom stereocenters. The van der Waals surface area contributed by atoms with Gasteiger partial charge in [-0.05, 0) is 54.3 Å². The molecule has 0 atom stereocenters. The monoisotopic (exact) mass is 473 g/mol. The van der Waals surface area contributed by atoms with Gasteiger partial charge in [-0.3, -0.25) is 4.79 Å². The number of amides is 1. The third kappa shape index (κ3) is 4.80. The minimum Gasteiger partial charge on any atom is -0.496 e. The highest BCUT2D eigenvalue weighted by molar-refractivity contribution is 6.05. The Hall–Kier alpha value is -4.57. The van der Waals surface area contributed by atoms with Crippen LogP contribution in [0.1, 0.15) is 18.1 Å². The Morgan fingerprint density at radius 3 is 2.22 bits per heavy atom. The molecule has 1 N–H and O–H groups in total. The highest BCUT2D eigenvalue weighted by Crippen LogP contribution is 2.38. The van der Waals surface area contributed by atoms with E-state index < -0.39 is 0 Å². The summed E-state index contributed by atoms with van der Waals surface area (Å²) in [6.45, 7) is 3.92. The summed E-state index contributed by atoms with van der Waals surface area (Å²) in [4.78, 5) is 12.7. The maximum Gasteiger partial charge on any atom is 0.248 e. The fourth-order valence-electron chi connectivity index (χ4n) is 4.32. The second-order valence-electron chi connectivity index (χ2n) is 8.82. The van der Waals surface area contributed by atoms with E-state index in [0.717, 1.165) is 50.0 Å². The molecule has 1 amide bonds. The number of benzene rings is 4. The normalized spacial score (nSPS) is 11.5. The first-order valence-corrected chi connectivity index (χ1v) is 11.8. The second-order valence-corrected chi connectivity index (χ2v) is 8.82. The molecular formula is C32H27NO3. The van der Waals surface area contributed by atoms with Crippen LogP contribution in [-0.4, -0.2) is 13.0 Å². The molecule has 0 saturated heterocycles. The van der Waals surface area contributed by atoms with E-state index in [2.05, 4.69) is 41.7 Å². The molecule has 0 saturated carbocycles. The van der Waals surface area contributed by atoms with Gasteiger partial charge in [0.05, 0.1) is 13.4 Å². The number of ether oxygens (including phenoxy) is 1. The Morgan fingerprint density at radius 2 is 1.53 bits per heavy atom. The van der Waals surface area contributed by atoms with Gasteiger partial charge in [-0.25, -0.2) is 0 Å². The predicted molar refractivity (Wildman–Crippen MR) is 147 cm³/mol. The maximum atomic E-state index is 12.7. The summed E-state index contributed by atoms with van der Waals surface area (Å²) >= 11 is 0. The van der Waals surface area contributed by atoms with E-state index in [4.69, 9.17) is 9.15 Å². The topological polar surface area (TPSA) is 51.5 Å². The van der Waals surface area contributed by atoms with Crippen LogP contribution in [0.3, 0.4) is 0 Å². The summed E-state index contributed by atoms with van der Waals surface area (Å²) < 4.78 is 11.5. The molecule has 1 aromatic heterocycles. The van der Waals surface area contributed by atoms with Gasteiger partial charge in [-0.2, -0.15) is 0 Å². The summed E-state index contributed by atoms with van der Waals surface area (Å²) in [5.41, 5.74) is 8.66. The largest absolute Gasteiger partial charge is 0.496 e. The van der Waals surface area contributed by atoms with Crippen LogP contribution in [0.5, 0.6) is 5.75 Å². The molecule has 0 aliphatic rings. The van der Waals surface area contributed by atoms with Crippen molar-refractivity contribution in [3.63, 3.8) is 0 Å². The predicted octanol–water partition coefficient (Wildman–Crippen LogP) is 8.13. The molecule has 0 fully saturated rings. The molecule has 0 aliphatic heterocycles. The van der Waals surface area contributed by atoms with Crippen molar-refractivity contribution in [2.75, 3.05) is 12.4 Å². The van der Waals surface area contributed by atoms with Gasteiger partial charge >= 0.3 is 0 Å². The average Bonchev–Trinajstić information content (AvgIpc) is 3.32. The van der Waals surface area contributed by atoms with Crippen LogP contribution in [0.4, 0.5) is 5.69 Å². The molecule has 0 aliphatic carbocycles. The summed E-state index contributed by atoms with van der Waals surface area (Å²) in [6, 6.07) is 30.4. The van der Waals surface area contributed by atoms with Gasteiger partial charge in [0.2, 0.25) is 5.91 Å². The quantitative estimate of drug-likeness (QED) is 0.253. The zero-order valence-corrected chi connectivity index (χ0v) is 20.5. The molecule has 0 spiro atoms. The van der Waals surface area contributed by atoms with Gasteiger partial charge < -0.3 is 14.5 Å². The number of methoxy groups -OCH3 is 1. The SMILES string of the molecule is COc1cc2occ(-c3ccc(-c4ccccc4)cc3)c2cc1/C(C)=C/C(=O)Nc1ccc(C)cc1. The number of allylic oxidation sites excluding steroid dienone is 1. The van der Waals surface area contributed by atoms with E-state index in [9.17, 15) is 4.79 Å². The first-order valence-electron chi connectivity index (χ1n) is 11.8. The van der Waals surface area contributed by atoms with Crippen molar-refractivity contribution in [1.82, 2.24) is 0 Å². The molecule has 4 nitrogen and oxygen atoms in total. The lowest BCUT2D eigenvalue weighted by Crippen LogP contribution is -2.08. The van der Waals surface area contributed by atoms with Crippen molar-refractivity contribution in [2.45, 2.75) is 13.8 Å². The summed E-state index contributed by atoms with van der Waals surface area (Å²) in [5.74, 6) is 0.460. The molecule has 36 heavy (non-hydrogen) atoms. The molecule has 4 aromatic carbocycles. The molecule has 1 heterocycles. The minimum absolute atomic E-state index is 0.192. The van der Waals surface area contributed by atoms with Crippen LogP contribution >= 0.6 is 0 Å². The number of carbonyl (C=O) groups is 1. The summed E-state index contributed by atoms with van der Waals surface area (Å²) in [7, 11) is 1.62. The van der Waals surface area contributed by atoms with Crippen molar-refractivity contribution in [3.05, 3.63) is 114 Å². The number of hydrogen-bond acceptors (Lipinski definition) is 3. The zero-order valence-electron chi connectivity index (χ0n) is 20.5. The van der Waals surface area contributed by atoms with Crippen molar-refractivity contribution in [3.8, 4) is 28.0 Å². The summed E-state index contributed by atoms with van der Waals surface area (Å²) in [6.07, 6.45) is 3.37. The Bertz CT molecular complexity index is 1540. The third-order valence-corrected chi connectivity index (χ3v) is 6.29. The molecule has 5 rings (SSSR count). The van der Waals surface area contributed by atoms with E-state index in [1.807, 2.05) is 68.4 Å². The lowest BCUT2D eigenvalue weighted by atomic mass is 9.97. The van der Waals surface area contributed by atoms with E-state index in [-0.39, 0.29) is 5.91 Å². The molecule has 0 bridgehead atoms. The van der Waals surface area contributed by atoms with Crippen molar-refractivity contribution in [1.29, 1.82) is 0 Å². The number of hydrogen-bond donors (Lipinski definition) is 1. The van der Waals surface area contributed by atoms with Gasteiger partial charge in [-0.1, -0.05) is 72.3 Å². The first kappa shape index (κ1) is 23.2. The number of aryl methyl sites for hydroxylation is 1. The number of anilines is 1. The Morgan fingerprint density at radius 1 is 0.861 bits per heavy atom. The molecule has 178 valence electrons. The lowest BCUT2D eigenvalue weighted by molar-refractivity contribution is -0.111. The number of furan rings is 1. The van der Waals surface area contributed by atoms with Crippen molar-refractivity contribution in [2.24, 2.45) is 0 Å². The van der Waals surface area contributed by atoms with Crippen molar-refractivity contribution >= 4 is 28.1 Å². The Labute approximate surface area is 210 Å². The number of carbonyl (C=O) groups excluding carboxylic acids is 1. The van der Waals surface area contributed by atoms with Crippen LogP contribution in [0.15, 0.2) is 108 Å². The number of rotatable bonds is 6. The van der Waals surface area contributed by atoms with Crippen molar-refractivity contribution < 1.29 is 13.9 Å². The van der Waals surface area contributed by atoms with Crippen LogP contribution in [0.25, 0.3) is 38.8 Å². The van der Waals surface area contributed by atoms with Crippen LogP contribution in [-0.2, 0) is 4.79 Å². The standard InChI is InChI=1S/C32H27NO3/c1-21-9-15-26(16-10-21)33-32(34)17-22(2)27-18-28-29(20-36-31(28)19-30(27)35-3)25-13-11-24(12-14-25)23-7-5-4-6-8-23/h4-20H,1-3H3,(H,33,34)/b22-17+. The summed E-state index contributed by atoms with van der Waals surface area (Å²) in [5, 5.41) is 3.88. The fourth-order valence-corrected chi connectivity index (χ4v) is 4.32. The van der Waals surface area contributed by atoms with Gasteiger partial charge in [0.25, 0.3) is 0 Å². The van der Waals surface area contributed by atoms with Gasteiger partial charge in [0.1, 0.15) is 11.3 Å². The number of fused-ring (bicyclic) bond motifs is 1. The van der Waals surface area contributed by atoms with Crippen LogP contribution in [0, 0.1) is 6.92 Å². The first-order chi connectivity index (χ1) is 17.5. The molecular weight excluding hydrogens is 446 g/mol. The molecule has 0 radical (unpaired) electrons. The third-order valence-electron chi connectivity index (χ3n) is 6.29. The Kier molecular flexibility index (Phi) is 6.42. The fraction of sp³-hybridized carbons (Fsp3) is 0.0938. The van der Waals surface area contributed by atoms with E-state index in [1.165, 1.54) is 5.56 Å². The van der Waals surface area contributed by atoms with E-state index in [1.54, 1.807) is 19.4 Å². The average molecular weight is 474 g/mol. The lowest BCUT2D eigenvalue weighted by Gasteiger charge is -2.10. The van der Waals surface area contributed by atoms with E-state index in [0.29, 0.717) is 5.75 Å². The molecule has 5 aromatic rings. The van der Waals surface area contributed by atoms with Crippen LogP contribution in [0.2, 0.25) is 0 Å². The zero-order chi connectivity index (χ0) is 25.1. The van der Waals surface area contributed by atoms with E-state index >= 15 is 0 Å². The second kappa shape index (κ2) is 9.96. The van der Waals surface area contributed by atoms with Crippen LogP contribution < -0.4 is 10.1 Å². The van der Waals surface area contributed by atoms with Gasteiger partial charge in [0.15, 0.2) is 0 Å². The number of nitrogens with one attached hydrogen (secondary N) is 1. The maximum absolute atomic E-state index is 12.7.